The molecule has 1 N–H and O–H groups in total. The summed E-state index contributed by atoms with van der Waals surface area (Å²) in [7, 11) is 0. The van der Waals surface area contributed by atoms with Gasteiger partial charge >= 0.3 is 0 Å². The quantitative estimate of drug-likeness (QED) is 0.813. The number of anilines is 1. The minimum atomic E-state index is -0.506. The van der Waals surface area contributed by atoms with E-state index in [9.17, 15) is 5.11 Å². The van der Waals surface area contributed by atoms with E-state index in [1.54, 1.807) is 13.0 Å². The van der Waals surface area contributed by atoms with Gasteiger partial charge in [0.1, 0.15) is 0 Å². The normalized spacial score (nSPS) is 11.9. The van der Waals surface area contributed by atoms with Gasteiger partial charge in [-0.25, -0.2) is 0 Å². The predicted molar refractivity (Wildman–Crippen MR) is 73.4 cm³/mol. The fourth-order valence-electron chi connectivity index (χ4n) is 1.70. The van der Waals surface area contributed by atoms with Crippen LogP contribution in [0.2, 0.25) is 5.02 Å². The Morgan fingerprint density at radius 1 is 1.53 bits per heavy atom. The van der Waals surface area contributed by atoms with Gasteiger partial charge in [0.15, 0.2) is 0 Å². The van der Waals surface area contributed by atoms with Gasteiger partial charge in [0.05, 0.1) is 23.4 Å². The SMILES string of the molecule is C#CCN(CCC)c1ccc(C(C)O)cc1Cl. The standard InChI is InChI=1S/C14H18ClNO/c1-4-8-16(9-5-2)14-7-6-12(11(3)17)10-13(14)15/h1,6-7,10-11,17H,5,8-9H2,2-3H3. The average molecular weight is 252 g/mol. The Morgan fingerprint density at radius 2 is 2.24 bits per heavy atom. The molecule has 1 unspecified atom stereocenters. The minimum absolute atomic E-state index is 0.506. The van der Waals surface area contributed by atoms with Crippen LogP contribution in [0, 0.1) is 12.3 Å². The Bertz CT molecular complexity index is 409. The van der Waals surface area contributed by atoms with Crippen LogP contribution in [0.1, 0.15) is 31.9 Å². The molecule has 0 aliphatic heterocycles. The Hall–Kier alpha value is -1.17. The second kappa shape index (κ2) is 6.54. The Labute approximate surface area is 108 Å². The van der Waals surface area contributed by atoms with Crippen LogP contribution in [0.5, 0.6) is 0 Å². The van der Waals surface area contributed by atoms with E-state index in [0.717, 1.165) is 24.2 Å². The van der Waals surface area contributed by atoms with Crippen LogP contribution in [0.3, 0.4) is 0 Å². The van der Waals surface area contributed by atoms with E-state index in [0.29, 0.717) is 11.6 Å². The lowest BCUT2D eigenvalue weighted by Gasteiger charge is -2.23. The molecule has 0 heterocycles. The number of aliphatic hydroxyl groups is 1. The molecule has 1 atom stereocenters. The molecule has 0 amide bonds. The molecule has 0 aliphatic carbocycles. The third-order valence-corrected chi connectivity index (χ3v) is 2.87. The summed E-state index contributed by atoms with van der Waals surface area (Å²) in [6, 6.07) is 5.59. The van der Waals surface area contributed by atoms with Crippen molar-refractivity contribution >= 4 is 17.3 Å². The number of hydrogen-bond donors (Lipinski definition) is 1. The number of terminal acetylenes is 1. The third kappa shape index (κ3) is 3.66. The largest absolute Gasteiger partial charge is 0.389 e. The lowest BCUT2D eigenvalue weighted by molar-refractivity contribution is 0.199. The summed E-state index contributed by atoms with van der Waals surface area (Å²) in [6.45, 7) is 5.23. The van der Waals surface area contributed by atoms with Crippen molar-refractivity contribution in [1.29, 1.82) is 0 Å². The number of rotatable bonds is 5. The highest BCUT2D eigenvalue weighted by Crippen LogP contribution is 2.29. The van der Waals surface area contributed by atoms with Gasteiger partial charge in [-0.2, -0.15) is 0 Å². The maximum absolute atomic E-state index is 9.48. The van der Waals surface area contributed by atoms with Gasteiger partial charge in [0.2, 0.25) is 0 Å². The van der Waals surface area contributed by atoms with Crippen molar-refractivity contribution in [3.05, 3.63) is 28.8 Å². The van der Waals surface area contributed by atoms with E-state index in [1.807, 2.05) is 12.1 Å². The maximum atomic E-state index is 9.48. The molecule has 1 aromatic carbocycles. The zero-order valence-electron chi connectivity index (χ0n) is 10.3. The smallest absolute Gasteiger partial charge is 0.0792 e. The van der Waals surface area contributed by atoms with Crippen LogP contribution in [0.25, 0.3) is 0 Å². The van der Waals surface area contributed by atoms with Crippen LogP contribution in [0.15, 0.2) is 18.2 Å². The van der Waals surface area contributed by atoms with Crippen molar-refractivity contribution in [2.45, 2.75) is 26.4 Å². The Kier molecular flexibility index (Phi) is 5.34. The molecule has 0 bridgehead atoms. The van der Waals surface area contributed by atoms with Gasteiger partial charge in [-0.05, 0) is 31.0 Å². The molecule has 92 valence electrons. The van der Waals surface area contributed by atoms with E-state index in [4.69, 9.17) is 18.0 Å². The fraction of sp³-hybridized carbons (Fsp3) is 0.429. The maximum Gasteiger partial charge on any atom is 0.0792 e. The molecule has 17 heavy (non-hydrogen) atoms. The first-order valence-electron chi connectivity index (χ1n) is 5.76. The van der Waals surface area contributed by atoms with Crippen molar-refractivity contribution in [2.75, 3.05) is 18.0 Å². The van der Waals surface area contributed by atoms with Crippen LogP contribution < -0.4 is 4.90 Å². The first-order valence-corrected chi connectivity index (χ1v) is 6.13. The van der Waals surface area contributed by atoms with Gasteiger partial charge in [0.25, 0.3) is 0 Å². The summed E-state index contributed by atoms with van der Waals surface area (Å²) in [6.07, 6.45) is 5.85. The van der Waals surface area contributed by atoms with E-state index in [1.165, 1.54) is 0 Å². The highest BCUT2D eigenvalue weighted by Gasteiger charge is 2.10. The summed E-state index contributed by atoms with van der Waals surface area (Å²) in [5.41, 5.74) is 1.74. The van der Waals surface area contributed by atoms with Crippen molar-refractivity contribution in [1.82, 2.24) is 0 Å². The molecule has 1 aromatic rings. The molecule has 3 heteroatoms. The molecular weight excluding hydrogens is 234 g/mol. The first-order chi connectivity index (χ1) is 8.10. The second-order valence-corrected chi connectivity index (χ2v) is 4.42. The molecule has 0 saturated heterocycles. The average Bonchev–Trinajstić information content (AvgIpc) is 2.28. The highest BCUT2D eigenvalue weighted by molar-refractivity contribution is 6.33. The van der Waals surface area contributed by atoms with Gasteiger partial charge in [-0.1, -0.05) is 30.5 Å². The van der Waals surface area contributed by atoms with Crippen molar-refractivity contribution < 1.29 is 5.11 Å². The topological polar surface area (TPSA) is 23.5 Å². The monoisotopic (exact) mass is 251 g/mol. The summed E-state index contributed by atoms with van der Waals surface area (Å²) < 4.78 is 0. The van der Waals surface area contributed by atoms with Crippen LogP contribution >= 0.6 is 11.6 Å². The number of hydrogen-bond acceptors (Lipinski definition) is 2. The predicted octanol–water partition coefficient (Wildman–Crippen LogP) is 3.24. The second-order valence-electron chi connectivity index (χ2n) is 4.01. The number of halogens is 1. The molecule has 0 aromatic heterocycles. The number of aliphatic hydroxyl groups excluding tert-OH is 1. The first kappa shape index (κ1) is 13.9. The van der Waals surface area contributed by atoms with Gasteiger partial charge in [-0.15, -0.1) is 6.42 Å². The zero-order chi connectivity index (χ0) is 12.8. The van der Waals surface area contributed by atoms with Crippen molar-refractivity contribution in [3.63, 3.8) is 0 Å². The summed E-state index contributed by atoms with van der Waals surface area (Å²) in [4.78, 5) is 2.06. The molecular formula is C14H18ClNO. The molecule has 0 spiro atoms. The van der Waals surface area contributed by atoms with Crippen LogP contribution in [-0.2, 0) is 0 Å². The number of benzene rings is 1. The molecule has 0 saturated carbocycles. The van der Waals surface area contributed by atoms with Crippen LogP contribution in [0.4, 0.5) is 5.69 Å². The van der Waals surface area contributed by atoms with Crippen molar-refractivity contribution in [3.8, 4) is 12.3 Å². The molecule has 0 fully saturated rings. The van der Waals surface area contributed by atoms with E-state index < -0.39 is 6.10 Å². The van der Waals surface area contributed by atoms with E-state index in [2.05, 4.69) is 17.7 Å². The summed E-state index contributed by atoms with van der Waals surface area (Å²) in [5, 5.41) is 10.1. The third-order valence-electron chi connectivity index (χ3n) is 2.57. The molecule has 2 nitrogen and oxygen atoms in total. The molecule has 0 aliphatic rings. The fourth-order valence-corrected chi connectivity index (χ4v) is 2.01. The van der Waals surface area contributed by atoms with Gasteiger partial charge in [0, 0.05) is 6.54 Å². The molecule has 1 rings (SSSR count). The lowest BCUT2D eigenvalue weighted by atomic mass is 10.1. The summed E-state index contributed by atoms with van der Waals surface area (Å²) >= 11 is 6.22. The van der Waals surface area contributed by atoms with Gasteiger partial charge in [-0.3, -0.25) is 0 Å². The number of nitrogens with zero attached hydrogens (tertiary/aromatic N) is 1. The van der Waals surface area contributed by atoms with Gasteiger partial charge < -0.3 is 10.0 Å². The van der Waals surface area contributed by atoms with E-state index >= 15 is 0 Å². The molecule has 0 radical (unpaired) electrons. The highest BCUT2D eigenvalue weighted by atomic mass is 35.5. The van der Waals surface area contributed by atoms with Crippen molar-refractivity contribution in [2.24, 2.45) is 0 Å². The summed E-state index contributed by atoms with van der Waals surface area (Å²) in [5.74, 6) is 2.63. The Balaban J connectivity index is 3.00. The zero-order valence-corrected chi connectivity index (χ0v) is 11.0. The van der Waals surface area contributed by atoms with Crippen LogP contribution in [-0.4, -0.2) is 18.2 Å². The Morgan fingerprint density at radius 3 is 2.71 bits per heavy atom. The minimum Gasteiger partial charge on any atom is -0.389 e. The lowest BCUT2D eigenvalue weighted by Crippen LogP contribution is -2.24. The van der Waals surface area contributed by atoms with E-state index in [-0.39, 0.29) is 0 Å².